The average Bonchev–Trinajstić information content (AvgIpc) is 2.61. The fourth-order valence-electron chi connectivity index (χ4n) is 2.65. The van der Waals surface area contributed by atoms with Gasteiger partial charge in [0.25, 0.3) is 5.91 Å². The van der Waals surface area contributed by atoms with Gasteiger partial charge in [-0.25, -0.2) is 8.42 Å². The van der Waals surface area contributed by atoms with Crippen LogP contribution in [0.15, 0.2) is 53.4 Å². The second-order valence-corrected chi connectivity index (χ2v) is 7.76. The monoisotopic (exact) mass is 360 g/mol. The van der Waals surface area contributed by atoms with Gasteiger partial charge in [0.15, 0.2) is 6.10 Å². The van der Waals surface area contributed by atoms with Crippen molar-refractivity contribution in [2.75, 3.05) is 11.9 Å². The third-order valence-electron chi connectivity index (χ3n) is 4.08. The molecule has 3 rings (SSSR count). The first-order valence-electron chi connectivity index (χ1n) is 8.07. The third kappa shape index (κ3) is 3.52. The lowest BCUT2D eigenvalue weighted by atomic mass is 10.2. The van der Waals surface area contributed by atoms with E-state index in [1.54, 1.807) is 19.9 Å². The normalized spacial score (nSPS) is 16.9. The summed E-state index contributed by atoms with van der Waals surface area (Å²) in [4.78, 5) is 11.8. The van der Waals surface area contributed by atoms with E-state index in [1.807, 2.05) is 30.3 Å². The number of amides is 1. The number of fused-ring (bicyclic) bond motifs is 1. The van der Waals surface area contributed by atoms with E-state index in [-0.39, 0.29) is 10.8 Å². The Hall–Kier alpha value is -2.38. The van der Waals surface area contributed by atoms with Gasteiger partial charge in [0.05, 0.1) is 10.6 Å². The van der Waals surface area contributed by atoms with Gasteiger partial charge in [-0.1, -0.05) is 37.3 Å². The second-order valence-electron chi connectivity index (χ2n) is 5.82. The molecule has 1 aliphatic heterocycles. The molecule has 0 fully saturated rings. The first kappa shape index (κ1) is 17.4. The Labute approximate surface area is 147 Å². The molecular weight excluding hydrogens is 340 g/mol. The molecule has 2 aromatic rings. The molecular formula is C18H20N2O4S. The SMILES string of the molecule is CCN(Cc1ccccc1)S(=O)(=O)c1ccc2c(c1)OC(C)C(=O)N2. The first-order chi connectivity index (χ1) is 11.9. The minimum atomic E-state index is -3.67. The molecule has 2 aromatic carbocycles. The van der Waals surface area contributed by atoms with Crippen molar-refractivity contribution in [3.8, 4) is 5.75 Å². The van der Waals surface area contributed by atoms with Gasteiger partial charge in [0, 0.05) is 19.2 Å². The van der Waals surface area contributed by atoms with Crippen LogP contribution in [0.2, 0.25) is 0 Å². The van der Waals surface area contributed by atoms with Crippen molar-refractivity contribution in [3.63, 3.8) is 0 Å². The predicted molar refractivity (Wildman–Crippen MR) is 94.9 cm³/mol. The number of rotatable bonds is 5. The van der Waals surface area contributed by atoms with Crippen LogP contribution in [0.25, 0.3) is 0 Å². The summed E-state index contributed by atoms with van der Waals surface area (Å²) in [6, 6.07) is 14.0. The molecule has 1 amide bonds. The van der Waals surface area contributed by atoms with Crippen LogP contribution in [-0.4, -0.2) is 31.3 Å². The Balaban J connectivity index is 1.91. The van der Waals surface area contributed by atoms with Gasteiger partial charge >= 0.3 is 0 Å². The van der Waals surface area contributed by atoms with Crippen LogP contribution in [0.3, 0.4) is 0 Å². The Morgan fingerprint density at radius 1 is 1.16 bits per heavy atom. The topological polar surface area (TPSA) is 75.7 Å². The number of carbonyl (C=O) groups excluding carboxylic acids is 1. The summed E-state index contributed by atoms with van der Waals surface area (Å²) in [5, 5.41) is 2.70. The highest BCUT2D eigenvalue weighted by atomic mass is 32.2. The number of anilines is 1. The highest BCUT2D eigenvalue weighted by Crippen LogP contribution is 2.33. The van der Waals surface area contributed by atoms with Crippen LogP contribution in [0.5, 0.6) is 5.75 Å². The molecule has 1 aliphatic rings. The minimum Gasteiger partial charge on any atom is -0.479 e. The number of carbonyl (C=O) groups is 1. The number of nitrogens with one attached hydrogen (secondary N) is 1. The summed E-state index contributed by atoms with van der Waals surface area (Å²) in [6.07, 6.45) is -0.656. The van der Waals surface area contributed by atoms with Gasteiger partial charge in [-0.15, -0.1) is 0 Å². The molecule has 0 saturated carbocycles. The zero-order chi connectivity index (χ0) is 18.0. The molecule has 0 aromatic heterocycles. The van der Waals surface area contributed by atoms with Crippen molar-refractivity contribution in [1.82, 2.24) is 4.31 Å². The van der Waals surface area contributed by atoms with E-state index >= 15 is 0 Å². The van der Waals surface area contributed by atoms with Crippen molar-refractivity contribution < 1.29 is 17.9 Å². The minimum absolute atomic E-state index is 0.146. The largest absolute Gasteiger partial charge is 0.479 e. The summed E-state index contributed by atoms with van der Waals surface area (Å²) >= 11 is 0. The standard InChI is InChI=1S/C18H20N2O4S/c1-3-20(12-14-7-5-4-6-8-14)25(22,23)15-9-10-16-17(11-15)24-13(2)18(21)19-16/h4-11,13H,3,12H2,1-2H3,(H,19,21). The molecule has 0 spiro atoms. The van der Waals surface area contributed by atoms with Crippen molar-refractivity contribution in [2.45, 2.75) is 31.4 Å². The quantitative estimate of drug-likeness (QED) is 0.889. The molecule has 132 valence electrons. The molecule has 1 unspecified atom stereocenters. The molecule has 1 N–H and O–H groups in total. The van der Waals surface area contributed by atoms with Crippen LogP contribution in [0.1, 0.15) is 19.4 Å². The number of sulfonamides is 1. The molecule has 1 atom stereocenters. The van der Waals surface area contributed by atoms with E-state index < -0.39 is 16.1 Å². The number of ether oxygens (including phenoxy) is 1. The van der Waals surface area contributed by atoms with Crippen molar-refractivity contribution in [2.24, 2.45) is 0 Å². The Kier molecular flexibility index (Phi) is 4.78. The fraction of sp³-hybridized carbons (Fsp3) is 0.278. The summed E-state index contributed by atoms with van der Waals surface area (Å²) in [5.41, 5.74) is 1.40. The van der Waals surface area contributed by atoms with E-state index in [0.29, 0.717) is 24.5 Å². The number of benzene rings is 2. The van der Waals surface area contributed by atoms with Crippen LogP contribution in [-0.2, 0) is 21.4 Å². The van der Waals surface area contributed by atoms with E-state index in [0.717, 1.165) is 5.56 Å². The first-order valence-corrected chi connectivity index (χ1v) is 9.51. The number of hydrogen-bond donors (Lipinski definition) is 1. The molecule has 0 aliphatic carbocycles. The van der Waals surface area contributed by atoms with E-state index in [1.165, 1.54) is 16.4 Å². The molecule has 0 bridgehead atoms. The predicted octanol–water partition coefficient (Wildman–Crippen LogP) is 2.62. The molecule has 1 heterocycles. The highest BCUT2D eigenvalue weighted by molar-refractivity contribution is 7.89. The lowest BCUT2D eigenvalue weighted by Gasteiger charge is -2.25. The van der Waals surface area contributed by atoms with Crippen molar-refractivity contribution in [3.05, 3.63) is 54.1 Å². The fourth-order valence-corrected chi connectivity index (χ4v) is 4.10. The highest BCUT2D eigenvalue weighted by Gasteiger charge is 2.28. The summed E-state index contributed by atoms with van der Waals surface area (Å²) in [5.74, 6) is 0.117. The van der Waals surface area contributed by atoms with Crippen LogP contribution in [0.4, 0.5) is 5.69 Å². The summed E-state index contributed by atoms with van der Waals surface area (Å²) in [6.45, 7) is 4.07. The van der Waals surface area contributed by atoms with E-state index in [2.05, 4.69) is 5.32 Å². The lowest BCUT2D eigenvalue weighted by Crippen LogP contribution is -2.35. The number of nitrogens with zero attached hydrogens (tertiary/aromatic N) is 1. The Morgan fingerprint density at radius 3 is 2.56 bits per heavy atom. The Bertz CT molecular complexity index is 881. The number of hydrogen-bond acceptors (Lipinski definition) is 4. The smallest absolute Gasteiger partial charge is 0.265 e. The molecule has 0 saturated heterocycles. The average molecular weight is 360 g/mol. The molecule has 7 heteroatoms. The maximum atomic E-state index is 13.0. The third-order valence-corrected chi connectivity index (χ3v) is 5.99. The van der Waals surface area contributed by atoms with Crippen LogP contribution in [0, 0.1) is 0 Å². The van der Waals surface area contributed by atoms with E-state index in [4.69, 9.17) is 4.74 Å². The van der Waals surface area contributed by atoms with Crippen LogP contribution >= 0.6 is 0 Å². The summed E-state index contributed by atoms with van der Waals surface area (Å²) < 4.78 is 32.9. The van der Waals surface area contributed by atoms with Crippen molar-refractivity contribution in [1.29, 1.82) is 0 Å². The van der Waals surface area contributed by atoms with Crippen LogP contribution < -0.4 is 10.1 Å². The second kappa shape index (κ2) is 6.85. The molecule has 25 heavy (non-hydrogen) atoms. The van der Waals surface area contributed by atoms with Gasteiger partial charge < -0.3 is 10.1 Å². The van der Waals surface area contributed by atoms with Gasteiger partial charge in [-0.2, -0.15) is 4.31 Å². The van der Waals surface area contributed by atoms with Gasteiger partial charge in [0.1, 0.15) is 5.75 Å². The maximum absolute atomic E-state index is 13.0. The molecule has 0 radical (unpaired) electrons. The zero-order valence-corrected chi connectivity index (χ0v) is 14.9. The van der Waals surface area contributed by atoms with Gasteiger partial charge in [-0.3, -0.25) is 4.79 Å². The maximum Gasteiger partial charge on any atom is 0.265 e. The molecule has 6 nitrogen and oxygen atoms in total. The Morgan fingerprint density at radius 2 is 1.88 bits per heavy atom. The van der Waals surface area contributed by atoms with Gasteiger partial charge in [0.2, 0.25) is 10.0 Å². The van der Waals surface area contributed by atoms with E-state index in [9.17, 15) is 13.2 Å². The zero-order valence-electron chi connectivity index (χ0n) is 14.1. The lowest BCUT2D eigenvalue weighted by molar-refractivity contribution is -0.122. The summed E-state index contributed by atoms with van der Waals surface area (Å²) in [7, 11) is -3.67. The van der Waals surface area contributed by atoms with Gasteiger partial charge in [-0.05, 0) is 24.6 Å². The van der Waals surface area contributed by atoms with Crippen molar-refractivity contribution >= 4 is 21.6 Å².